The molecular weight excluding hydrogens is 354 g/mol. The summed E-state index contributed by atoms with van der Waals surface area (Å²) in [6.45, 7) is 3.88. The maximum atomic E-state index is 12.3. The summed E-state index contributed by atoms with van der Waals surface area (Å²) in [6.07, 6.45) is 2.11. The predicted molar refractivity (Wildman–Crippen MR) is 108 cm³/mol. The number of para-hydroxylation sites is 1. The maximum Gasteiger partial charge on any atom is 0.260 e. The number of piperidine rings is 1. The molecule has 1 aliphatic rings. The highest BCUT2D eigenvalue weighted by Gasteiger charge is 2.20. The van der Waals surface area contributed by atoms with Crippen LogP contribution in [0.5, 0.6) is 5.75 Å². The fourth-order valence-electron chi connectivity index (χ4n) is 3.43. The Morgan fingerprint density at radius 2 is 1.86 bits per heavy atom. The highest BCUT2D eigenvalue weighted by Crippen LogP contribution is 2.21. The van der Waals surface area contributed by atoms with E-state index in [1.165, 1.54) is 0 Å². The fourth-order valence-corrected chi connectivity index (χ4v) is 3.43. The van der Waals surface area contributed by atoms with E-state index in [-0.39, 0.29) is 18.1 Å². The van der Waals surface area contributed by atoms with Gasteiger partial charge in [-0.15, -0.1) is 0 Å². The van der Waals surface area contributed by atoms with E-state index in [9.17, 15) is 9.59 Å². The van der Waals surface area contributed by atoms with Gasteiger partial charge in [0.2, 0.25) is 0 Å². The molecule has 4 rings (SSSR count). The first-order valence-electron chi connectivity index (χ1n) is 9.60. The summed E-state index contributed by atoms with van der Waals surface area (Å²) in [5.74, 6) is 1.84. The molecule has 1 amide bonds. The molecule has 3 aromatic rings. The number of hydrogen-bond donors (Lipinski definition) is 1. The van der Waals surface area contributed by atoms with Gasteiger partial charge in [-0.1, -0.05) is 19.1 Å². The summed E-state index contributed by atoms with van der Waals surface area (Å²) in [4.78, 5) is 33.7. The summed E-state index contributed by atoms with van der Waals surface area (Å²) in [5.41, 5.74) is 1.27. The minimum absolute atomic E-state index is 0.0245. The Hall–Kier alpha value is -3.15. The number of hydrogen-bond acceptors (Lipinski definition) is 4. The van der Waals surface area contributed by atoms with Crippen molar-refractivity contribution in [2.24, 2.45) is 5.92 Å². The molecule has 1 aromatic heterocycles. The number of carbonyl (C=O) groups is 1. The van der Waals surface area contributed by atoms with Gasteiger partial charge in [-0.2, -0.15) is 0 Å². The van der Waals surface area contributed by atoms with Crippen molar-refractivity contribution in [2.45, 2.75) is 19.8 Å². The van der Waals surface area contributed by atoms with Gasteiger partial charge in [0.15, 0.2) is 6.61 Å². The monoisotopic (exact) mass is 377 g/mol. The Morgan fingerprint density at radius 1 is 1.14 bits per heavy atom. The van der Waals surface area contributed by atoms with Crippen LogP contribution >= 0.6 is 0 Å². The summed E-state index contributed by atoms with van der Waals surface area (Å²) < 4.78 is 5.65. The highest BCUT2D eigenvalue weighted by molar-refractivity contribution is 5.79. The molecule has 0 saturated carbocycles. The van der Waals surface area contributed by atoms with Crippen LogP contribution in [-0.2, 0) is 4.79 Å². The van der Waals surface area contributed by atoms with Crippen molar-refractivity contribution >= 4 is 16.8 Å². The third kappa shape index (κ3) is 3.91. The van der Waals surface area contributed by atoms with Gasteiger partial charge in [-0.3, -0.25) is 9.59 Å². The predicted octanol–water partition coefficient (Wildman–Crippen LogP) is 3.23. The molecule has 6 nitrogen and oxygen atoms in total. The number of benzene rings is 2. The van der Waals surface area contributed by atoms with Crippen LogP contribution < -0.4 is 10.3 Å². The molecule has 0 atom stereocenters. The molecule has 144 valence electrons. The van der Waals surface area contributed by atoms with Gasteiger partial charge in [-0.05, 0) is 55.2 Å². The minimum Gasteiger partial charge on any atom is -0.484 e. The van der Waals surface area contributed by atoms with Crippen molar-refractivity contribution in [1.82, 2.24) is 14.9 Å². The number of rotatable bonds is 4. The zero-order chi connectivity index (χ0) is 19.5. The number of aromatic amines is 1. The van der Waals surface area contributed by atoms with E-state index in [0.29, 0.717) is 28.4 Å². The summed E-state index contributed by atoms with van der Waals surface area (Å²) in [7, 11) is 0. The Morgan fingerprint density at radius 3 is 2.61 bits per heavy atom. The molecule has 1 aliphatic heterocycles. The summed E-state index contributed by atoms with van der Waals surface area (Å²) >= 11 is 0. The molecule has 28 heavy (non-hydrogen) atoms. The molecule has 0 spiro atoms. The second-order valence-electron chi connectivity index (χ2n) is 7.31. The van der Waals surface area contributed by atoms with Crippen LogP contribution in [0.4, 0.5) is 0 Å². The lowest BCUT2D eigenvalue weighted by molar-refractivity contribution is -0.134. The molecule has 0 radical (unpaired) electrons. The van der Waals surface area contributed by atoms with E-state index in [0.717, 1.165) is 31.5 Å². The Kier molecular flexibility index (Phi) is 5.10. The van der Waals surface area contributed by atoms with Gasteiger partial charge in [0.05, 0.1) is 10.9 Å². The quantitative estimate of drug-likeness (QED) is 0.757. The van der Waals surface area contributed by atoms with E-state index in [2.05, 4.69) is 16.9 Å². The van der Waals surface area contributed by atoms with Gasteiger partial charge < -0.3 is 14.6 Å². The number of carbonyl (C=O) groups excluding carboxylic acids is 1. The van der Waals surface area contributed by atoms with Gasteiger partial charge in [0.25, 0.3) is 11.5 Å². The molecule has 0 aliphatic carbocycles. The van der Waals surface area contributed by atoms with Crippen molar-refractivity contribution < 1.29 is 9.53 Å². The number of H-pyrrole nitrogens is 1. The number of nitrogens with zero attached hydrogens (tertiary/aromatic N) is 2. The van der Waals surface area contributed by atoms with Crippen molar-refractivity contribution in [3.05, 3.63) is 58.9 Å². The lowest BCUT2D eigenvalue weighted by Gasteiger charge is -2.30. The number of fused-ring (bicyclic) bond motifs is 1. The topological polar surface area (TPSA) is 75.3 Å². The van der Waals surface area contributed by atoms with Crippen LogP contribution in [0.25, 0.3) is 22.3 Å². The first-order valence-corrected chi connectivity index (χ1v) is 9.60. The molecular formula is C22H23N3O3. The fraction of sp³-hybridized carbons (Fsp3) is 0.318. The number of likely N-dealkylation sites (tertiary alicyclic amines) is 1. The second-order valence-corrected chi connectivity index (χ2v) is 7.31. The van der Waals surface area contributed by atoms with Crippen LogP contribution in [0.2, 0.25) is 0 Å². The lowest BCUT2D eigenvalue weighted by atomic mass is 9.99. The lowest BCUT2D eigenvalue weighted by Crippen LogP contribution is -2.40. The third-order valence-electron chi connectivity index (χ3n) is 5.24. The molecule has 1 fully saturated rings. The molecule has 2 heterocycles. The van der Waals surface area contributed by atoms with Crippen molar-refractivity contribution in [2.75, 3.05) is 19.7 Å². The molecule has 2 aromatic carbocycles. The molecule has 6 heteroatoms. The summed E-state index contributed by atoms with van der Waals surface area (Å²) in [5, 5.41) is 0.567. The van der Waals surface area contributed by atoms with Gasteiger partial charge in [0.1, 0.15) is 11.6 Å². The van der Waals surface area contributed by atoms with Crippen LogP contribution in [0, 0.1) is 5.92 Å². The molecule has 1 N–H and O–H groups in total. The molecule has 0 unspecified atom stereocenters. The van der Waals surface area contributed by atoms with Crippen molar-refractivity contribution in [3.63, 3.8) is 0 Å². The van der Waals surface area contributed by atoms with E-state index in [4.69, 9.17) is 4.74 Å². The number of aromatic nitrogens is 2. The molecule has 0 bridgehead atoms. The smallest absolute Gasteiger partial charge is 0.260 e. The van der Waals surface area contributed by atoms with Gasteiger partial charge in [-0.25, -0.2) is 4.98 Å². The second kappa shape index (κ2) is 7.84. The van der Waals surface area contributed by atoms with Gasteiger partial charge in [0, 0.05) is 18.7 Å². The SMILES string of the molecule is CC1CCN(C(=O)COc2ccc(-c3nc4ccccc4c(=O)[nH]3)cc2)CC1. The Bertz CT molecular complexity index is 1030. The normalized spacial score (nSPS) is 15.0. The van der Waals surface area contributed by atoms with Crippen LogP contribution in [-0.4, -0.2) is 40.5 Å². The maximum absolute atomic E-state index is 12.3. The zero-order valence-electron chi connectivity index (χ0n) is 15.9. The first-order chi connectivity index (χ1) is 13.6. The van der Waals surface area contributed by atoms with Crippen LogP contribution in [0.3, 0.4) is 0 Å². The van der Waals surface area contributed by atoms with Crippen LogP contribution in [0.15, 0.2) is 53.3 Å². The van der Waals surface area contributed by atoms with Crippen molar-refractivity contribution in [3.8, 4) is 17.1 Å². The zero-order valence-corrected chi connectivity index (χ0v) is 15.9. The number of amides is 1. The minimum atomic E-state index is -0.164. The summed E-state index contributed by atoms with van der Waals surface area (Å²) in [6, 6.07) is 14.5. The Balaban J connectivity index is 1.43. The van der Waals surface area contributed by atoms with E-state index in [1.54, 1.807) is 18.2 Å². The molecule has 1 saturated heterocycles. The Labute approximate surface area is 163 Å². The first kappa shape index (κ1) is 18.2. The largest absolute Gasteiger partial charge is 0.484 e. The number of ether oxygens (including phenoxy) is 1. The average Bonchev–Trinajstić information content (AvgIpc) is 2.73. The third-order valence-corrected chi connectivity index (χ3v) is 5.24. The average molecular weight is 377 g/mol. The number of nitrogens with one attached hydrogen (secondary N) is 1. The highest BCUT2D eigenvalue weighted by atomic mass is 16.5. The van der Waals surface area contributed by atoms with E-state index >= 15 is 0 Å². The van der Waals surface area contributed by atoms with Crippen molar-refractivity contribution in [1.29, 1.82) is 0 Å². The standard InChI is InChI=1S/C22H23N3O3/c1-15-10-12-25(13-11-15)20(26)14-28-17-8-6-16(7-9-17)21-23-19-5-3-2-4-18(19)22(27)24-21/h2-9,15H,10-14H2,1H3,(H,23,24,27). The van der Waals surface area contributed by atoms with E-state index in [1.807, 2.05) is 35.2 Å². The van der Waals surface area contributed by atoms with Gasteiger partial charge >= 0.3 is 0 Å². The van der Waals surface area contributed by atoms with Crippen LogP contribution in [0.1, 0.15) is 19.8 Å². The van der Waals surface area contributed by atoms with E-state index < -0.39 is 0 Å².